The molecule has 0 N–H and O–H groups in total. The summed E-state index contributed by atoms with van der Waals surface area (Å²) < 4.78 is 10.8. The molecule has 2 aliphatic rings. The highest BCUT2D eigenvalue weighted by Gasteiger charge is 2.21. The normalized spacial score (nSPS) is 16.9. The monoisotopic (exact) mass is 338 g/mol. The summed E-state index contributed by atoms with van der Waals surface area (Å²) >= 11 is 0. The summed E-state index contributed by atoms with van der Waals surface area (Å²) in [6.45, 7) is 6.64. The molecule has 4 rings (SSSR count). The molecule has 1 saturated heterocycles. The maximum atomic E-state index is 11.8. The number of benzene rings is 2. The maximum absolute atomic E-state index is 11.8. The second-order valence-electron chi connectivity index (χ2n) is 6.52. The first-order valence-electron chi connectivity index (χ1n) is 8.66. The molecular formula is C20H22N2O3. The topological polar surface area (TPSA) is 42.0 Å². The number of carbonyl (C=O) groups excluding carboxylic acids is 1. The number of Topliss-reactive ketones (excluding diaryl/α,β-unsaturated/α-hetero) is 1. The van der Waals surface area contributed by atoms with Crippen LogP contribution in [0.25, 0.3) is 0 Å². The van der Waals surface area contributed by atoms with Crippen LogP contribution < -0.4 is 14.4 Å². The highest BCUT2D eigenvalue weighted by atomic mass is 16.7. The molecule has 1 fully saturated rings. The van der Waals surface area contributed by atoms with E-state index in [0.29, 0.717) is 6.79 Å². The van der Waals surface area contributed by atoms with Gasteiger partial charge in [-0.25, -0.2) is 0 Å². The van der Waals surface area contributed by atoms with Crippen molar-refractivity contribution in [2.75, 3.05) is 37.9 Å². The third-order valence-electron chi connectivity index (χ3n) is 4.84. The molecule has 0 bridgehead atoms. The van der Waals surface area contributed by atoms with Crippen LogP contribution in [0.2, 0.25) is 0 Å². The largest absolute Gasteiger partial charge is 0.454 e. The third-order valence-corrected chi connectivity index (χ3v) is 4.84. The van der Waals surface area contributed by atoms with Gasteiger partial charge in [0.2, 0.25) is 6.79 Å². The van der Waals surface area contributed by atoms with Crippen molar-refractivity contribution >= 4 is 11.5 Å². The molecule has 0 aromatic heterocycles. The first-order chi connectivity index (χ1) is 12.2. The highest BCUT2D eigenvalue weighted by molar-refractivity contribution is 5.99. The first kappa shape index (κ1) is 16.0. The molecule has 5 nitrogen and oxygen atoms in total. The van der Waals surface area contributed by atoms with Gasteiger partial charge in [0.25, 0.3) is 0 Å². The number of piperazine rings is 1. The number of nitrogens with zero attached hydrogens (tertiary/aromatic N) is 2. The van der Waals surface area contributed by atoms with Crippen molar-refractivity contribution < 1.29 is 14.3 Å². The van der Waals surface area contributed by atoms with E-state index >= 15 is 0 Å². The van der Waals surface area contributed by atoms with Gasteiger partial charge in [0, 0.05) is 44.0 Å². The zero-order valence-corrected chi connectivity index (χ0v) is 14.4. The van der Waals surface area contributed by atoms with Gasteiger partial charge < -0.3 is 14.4 Å². The Balaban J connectivity index is 1.40. The summed E-state index contributed by atoms with van der Waals surface area (Å²) in [7, 11) is 0. The minimum absolute atomic E-state index is 0.124. The highest BCUT2D eigenvalue weighted by Crippen LogP contribution is 2.33. The minimum Gasteiger partial charge on any atom is -0.454 e. The molecule has 0 radical (unpaired) electrons. The number of hydrogen-bond donors (Lipinski definition) is 0. The van der Waals surface area contributed by atoms with Gasteiger partial charge in [-0.3, -0.25) is 9.69 Å². The fraction of sp³-hybridized carbons (Fsp3) is 0.350. The van der Waals surface area contributed by atoms with E-state index in [-0.39, 0.29) is 5.78 Å². The molecule has 0 atom stereocenters. The summed E-state index contributed by atoms with van der Waals surface area (Å²) in [6.07, 6.45) is 0. The van der Waals surface area contributed by atoms with E-state index in [1.54, 1.807) is 6.92 Å². The van der Waals surface area contributed by atoms with Crippen LogP contribution in [0, 0.1) is 0 Å². The van der Waals surface area contributed by atoms with Crippen LogP contribution in [0.5, 0.6) is 11.5 Å². The summed E-state index contributed by atoms with van der Waals surface area (Å²) in [5.41, 5.74) is 3.10. The zero-order valence-electron chi connectivity index (χ0n) is 14.4. The van der Waals surface area contributed by atoms with E-state index in [2.05, 4.69) is 21.9 Å². The third kappa shape index (κ3) is 3.33. The lowest BCUT2D eigenvalue weighted by Gasteiger charge is -2.36. The molecular weight excluding hydrogens is 316 g/mol. The molecule has 2 aromatic carbocycles. The predicted octanol–water partition coefficient (Wildman–Crippen LogP) is 2.94. The van der Waals surface area contributed by atoms with E-state index in [0.717, 1.165) is 55.5 Å². The Morgan fingerprint density at radius 3 is 2.56 bits per heavy atom. The number of para-hydroxylation sites is 1. The van der Waals surface area contributed by atoms with Crippen molar-refractivity contribution in [2.24, 2.45) is 0 Å². The number of fused-ring (bicyclic) bond motifs is 1. The Bertz CT molecular complexity index is 782. The predicted molar refractivity (Wildman–Crippen MR) is 96.5 cm³/mol. The SMILES string of the molecule is CC(=O)c1ccccc1N1CCN(Cc2ccc3c(c2)OCO3)CC1. The average molecular weight is 338 g/mol. The van der Waals surface area contributed by atoms with Crippen molar-refractivity contribution in [3.8, 4) is 11.5 Å². The van der Waals surface area contributed by atoms with Crippen molar-refractivity contribution in [2.45, 2.75) is 13.5 Å². The van der Waals surface area contributed by atoms with Crippen LogP contribution in [0.4, 0.5) is 5.69 Å². The van der Waals surface area contributed by atoms with Gasteiger partial charge in [0.15, 0.2) is 17.3 Å². The van der Waals surface area contributed by atoms with Crippen molar-refractivity contribution in [1.82, 2.24) is 4.90 Å². The summed E-state index contributed by atoms with van der Waals surface area (Å²) in [6, 6.07) is 14.0. The molecule has 2 aliphatic heterocycles. The Labute approximate surface area is 147 Å². The number of carbonyl (C=O) groups is 1. The van der Waals surface area contributed by atoms with Gasteiger partial charge in [-0.05, 0) is 36.8 Å². The van der Waals surface area contributed by atoms with Gasteiger partial charge >= 0.3 is 0 Å². The van der Waals surface area contributed by atoms with Crippen LogP contribution in [0.1, 0.15) is 22.8 Å². The number of ether oxygens (including phenoxy) is 2. The minimum atomic E-state index is 0.124. The van der Waals surface area contributed by atoms with Gasteiger partial charge in [-0.1, -0.05) is 18.2 Å². The lowest BCUT2D eigenvalue weighted by molar-refractivity contribution is 0.101. The van der Waals surface area contributed by atoms with Crippen LogP contribution >= 0.6 is 0 Å². The lowest BCUT2D eigenvalue weighted by atomic mass is 10.1. The van der Waals surface area contributed by atoms with Crippen LogP contribution in [-0.2, 0) is 6.54 Å². The molecule has 2 aromatic rings. The molecule has 130 valence electrons. The second kappa shape index (κ2) is 6.76. The Morgan fingerprint density at radius 2 is 1.76 bits per heavy atom. The fourth-order valence-corrected chi connectivity index (χ4v) is 3.49. The summed E-state index contributed by atoms with van der Waals surface area (Å²) in [4.78, 5) is 16.6. The van der Waals surface area contributed by atoms with Crippen molar-refractivity contribution in [3.63, 3.8) is 0 Å². The quantitative estimate of drug-likeness (QED) is 0.802. The fourth-order valence-electron chi connectivity index (χ4n) is 3.49. The van der Waals surface area contributed by atoms with Gasteiger partial charge in [-0.2, -0.15) is 0 Å². The van der Waals surface area contributed by atoms with Gasteiger partial charge in [0.1, 0.15) is 0 Å². The maximum Gasteiger partial charge on any atom is 0.231 e. The zero-order chi connectivity index (χ0) is 17.2. The smallest absolute Gasteiger partial charge is 0.231 e. The Morgan fingerprint density at radius 1 is 1.00 bits per heavy atom. The second-order valence-corrected chi connectivity index (χ2v) is 6.52. The number of anilines is 1. The molecule has 0 spiro atoms. The van der Waals surface area contributed by atoms with Gasteiger partial charge in [0.05, 0.1) is 0 Å². The average Bonchev–Trinajstić information content (AvgIpc) is 3.10. The summed E-state index contributed by atoms with van der Waals surface area (Å²) in [5.74, 6) is 1.79. The van der Waals surface area contributed by atoms with Crippen LogP contribution in [-0.4, -0.2) is 43.7 Å². The van der Waals surface area contributed by atoms with Crippen LogP contribution in [0.15, 0.2) is 42.5 Å². The molecule has 0 saturated carbocycles. The number of rotatable bonds is 4. The first-order valence-corrected chi connectivity index (χ1v) is 8.66. The van der Waals surface area contributed by atoms with E-state index < -0.39 is 0 Å². The van der Waals surface area contributed by atoms with Crippen molar-refractivity contribution in [1.29, 1.82) is 0 Å². The van der Waals surface area contributed by atoms with Crippen LogP contribution in [0.3, 0.4) is 0 Å². The molecule has 2 heterocycles. The molecule has 0 amide bonds. The van der Waals surface area contributed by atoms with E-state index in [4.69, 9.17) is 9.47 Å². The number of hydrogen-bond acceptors (Lipinski definition) is 5. The van der Waals surface area contributed by atoms with E-state index in [1.807, 2.05) is 30.3 Å². The number of ketones is 1. The van der Waals surface area contributed by atoms with Gasteiger partial charge in [-0.15, -0.1) is 0 Å². The van der Waals surface area contributed by atoms with E-state index in [1.165, 1.54) is 5.56 Å². The Kier molecular flexibility index (Phi) is 4.32. The standard InChI is InChI=1S/C20H22N2O3/c1-15(23)17-4-2-3-5-18(17)22-10-8-21(9-11-22)13-16-6-7-19-20(12-16)25-14-24-19/h2-7,12H,8-11,13-14H2,1H3. The van der Waals surface area contributed by atoms with Crippen molar-refractivity contribution in [3.05, 3.63) is 53.6 Å². The molecule has 5 heteroatoms. The molecule has 0 aliphatic carbocycles. The summed E-state index contributed by atoms with van der Waals surface area (Å²) in [5, 5.41) is 0. The lowest BCUT2D eigenvalue weighted by Crippen LogP contribution is -2.46. The molecule has 0 unspecified atom stereocenters. The Hall–Kier alpha value is -2.53. The van der Waals surface area contributed by atoms with E-state index in [9.17, 15) is 4.79 Å². The molecule has 25 heavy (non-hydrogen) atoms.